The first kappa shape index (κ1) is 26.9. The Bertz CT molecular complexity index is 534. The van der Waals surface area contributed by atoms with E-state index in [1.54, 1.807) is 0 Å². The van der Waals surface area contributed by atoms with Gasteiger partial charge in [-0.25, -0.2) is 8.78 Å². The van der Waals surface area contributed by atoms with Crippen LogP contribution in [0.15, 0.2) is 0 Å². The summed E-state index contributed by atoms with van der Waals surface area (Å²) in [6.45, 7) is 1.03. The second-order valence-corrected chi connectivity index (χ2v) is 5.60. The number of halogens is 16. The Morgan fingerprint density at radius 3 is 1.18 bits per heavy atom. The van der Waals surface area contributed by atoms with Crippen molar-refractivity contribution < 1.29 is 70.2 Å². The molecule has 170 valence electrons. The molecule has 0 saturated heterocycles. The fraction of sp³-hybridized carbons (Fsp3) is 1.00. The molecule has 0 bridgehead atoms. The number of hydrogen-bond donors (Lipinski definition) is 0. The summed E-state index contributed by atoms with van der Waals surface area (Å²) in [5.41, 5.74) is 0. The van der Waals surface area contributed by atoms with E-state index < -0.39 is 67.1 Å². The van der Waals surface area contributed by atoms with Crippen LogP contribution in [0.4, 0.5) is 70.2 Å². The number of alkyl halides is 16. The van der Waals surface area contributed by atoms with Crippen LogP contribution in [0.2, 0.25) is 0 Å². The van der Waals surface area contributed by atoms with E-state index in [9.17, 15) is 70.2 Å². The minimum absolute atomic E-state index is 0.414. The highest BCUT2D eigenvalue weighted by Crippen LogP contribution is 2.63. The molecule has 28 heavy (non-hydrogen) atoms. The fourth-order valence-corrected chi connectivity index (χ4v) is 1.72. The van der Waals surface area contributed by atoms with E-state index in [1.165, 1.54) is 0 Å². The van der Waals surface area contributed by atoms with E-state index in [0.29, 0.717) is 0 Å². The Labute approximate surface area is 145 Å². The van der Waals surface area contributed by atoms with E-state index in [4.69, 9.17) is 0 Å². The van der Waals surface area contributed by atoms with Gasteiger partial charge in [-0.15, -0.1) is 0 Å². The van der Waals surface area contributed by atoms with Crippen LogP contribution in [0, 0.1) is 0 Å². The van der Waals surface area contributed by atoms with Gasteiger partial charge < -0.3 is 0 Å². The summed E-state index contributed by atoms with van der Waals surface area (Å²) < 4.78 is 207. The summed E-state index contributed by atoms with van der Waals surface area (Å²) in [5, 5.41) is 0. The third-order valence-corrected chi connectivity index (χ3v) is 3.57. The average molecular weight is 458 g/mol. The Morgan fingerprint density at radius 2 is 0.857 bits per heavy atom. The lowest BCUT2D eigenvalue weighted by Gasteiger charge is -2.42. The molecule has 0 rings (SSSR count). The predicted octanol–water partition coefficient (Wildman–Crippen LogP) is 6.89. The summed E-state index contributed by atoms with van der Waals surface area (Å²) in [5.74, 6) is -53.7. The third kappa shape index (κ3) is 3.48. The molecule has 0 aromatic heterocycles. The molecule has 0 fully saturated rings. The first-order valence-electron chi connectivity index (χ1n) is 6.93. The second-order valence-electron chi connectivity index (χ2n) is 5.60. The monoisotopic (exact) mass is 458 g/mol. The molecule has 0 saturated carbocycles. The van der Waals surface area contributed by atoms with Gasteiger partial charge in [0.15, 0.2) is 0 Å². The standard InChI is InChI=1S/C12H10F16/c1-2-3-4-6(15,16)8(19,20)10(23,24)12(27,28)11(25,26)9(21,22)7(17,18)5(13)14/h5H,2-4H2,1H3. The SMILES string of the molecule is CCCCC(F)(F)C(F)(F)C(F)(F)C(F)(F)C(F)(F)C(F)(F)C(F)(F)C(F)F. The molecule has 0 spiro atoms. The summed E-state index contributed by atoms with van der Waals surface area (Å²) >= 11 is 0. The van der Waals surface area contributed by atoms with Gasteiger partial charge in [-0.3, -0.25) is 0 Å². The van der Waals surface area contributed by atoms with Crippen molar-refractivity contribution in [3.05, 3.63) is 0 Å². The van der Waals surface area contributed by atoms with Gasteiger partial charge in [0, 0.05) is 6.42 Å². The van der Waals surface area contributed by atoms with Gasteiger partial charge in [-0.2, -0.15) is 61.5 Å². The Kier molecular flexibility index (Phi) is 7.00. The lowest BCUT2D eigenvalue weighted by molar-refractivity contribution is -0.447. The zero-order valence-corrected chi connectivity index (χ0v) is 13.2. The highest BCUT2D eigenvalue weighted by atomic mass is 19.4. The zero-order valence-electron chi connectivity index (χ0n) is 13.2. The van der Waals surface area contributed by atoms with Gasteiger partial charge in [0.25, 0.3) is 0 Å². The molecule has 0 aliphatic rings. The van der Waals surface area contributed by atoms with Gasteiger partial charge in [0.2, 0.25) is 0 Å². The Balaban J connectivity index is 6.47. The molecular weight excluding hydrogens is 448 g/mol. The van der Waals surface area contributed by atoms with Crippen LogP contribution in [0.3, 0.4) is 0 Å². The molecule has 0 amide bonds. The van der Waals surface area contributed by atoms with Crippen LogP contribution in [-0.2, 0) is 0 Å². The summed E-state index contributed by atoms with van der Waals surface area (Å²) in [6.07, 6.45) is -9.58. The number of unbranched alkanes of at least 4 members (excludes halogenated alkanes) is 1. The molecule has 0 radical (unpaired) electrons. The molecule has 0 N–H and O–H groups in total. The lowest BCUT2D eigenvalue weighted by atomic mass is 9.88. The van der Waals surface area contributed by atoms with Gasteiger partial charge in [-0.1, -0.05) is 13.3 Å². The van der Waals surface area contributed by atoms with Crippen molar-refractivity contribution in [1.29, 1.82) is 0 Å². The maximum absolute atomic E-state index is 13.3. The average Bonchev–Trinajstić information content (AvgIpc) is 2.51. The van der Waals surface area contributed by atoms with Crippen LogP contribution in [0.1, 0.15) is 26.2 Å². The highest BCUT2D eigenvalue weighted by molar-refractivity contribution is 5.14. The first-order chi connectivity index (χ1) is 12.0. The topological polar surface area (TPSA) is 0 Å². The first-order valence-corrected chi connectivity index (χ1v) is 6.93. The van der Waals surface area contributed by atoms with E-state index in [-0.39, 0.29) is 0 Å². The van der Waals surface area contributed by atoms with Gasteiger partial charge in [0.1, 0.15) is 0 Å². The zero-order chi connectivity index (χ0) is 23.2. The van der Waals surface area contributed by atoms with E-state index in [1.807, 2.05) is 0 Å². The molecule has 0 unspecified atom stereocenters. The lowest BCUT2D eigenvalue weighted by Crippen LogP contribution is -2.73. The van der Waals surface area contributed by atoms with E-state index >= 15 is 0 Å². The van der Waals surface area contributed by atoms with Crippen molar-refractivity contribution in [2.45, 2.75) is 74.1 Å². The van der Waals surface area contributed by atoms with Crippen molar-refractivity contribution in [2.24, 2.45) is 0 Å². The Hall–Kier alpha value is -1.12. The third-order valence-electron chi connectivity index (χ3n) is 3.57. The smallest absolute Gasteiger partial charge is 0.203 e. The molecule has 0 atom stereocenters. The minimum Gasteiger partial charge on any atom is -0.203 e. The molecule has 0 heterocycles. The maximum Gasteiger partial charge on any atom is 0.384 e. The van der Waals surface area contributed by atoms with Gasteiger partial charge in [-0.05, 0) is 6.42 Å². The quantitative estimate of drug-likeness (QED) is 0.313. The van der Waals surface area contributed by atoms with Crippen molar-refractivity contribution in [3.8, 4) is 0 Å². The summed E-state index contributed by atoms with van der Waals surface area (Å²) in [4.78, 5) is 0. The molecule has 0 aliphatic carbocycles. The largest absolute Gasteiger partial charge is 0.384 e. The van der Waals surface area contributed by atoms with E-state index in [2.05, 4.69) is 0 Å². The van der Waals surface area contributed by atoms with Crippen LogP contribution in [0.25, 0.3) is 0 Å². The molecule has 16 heteroatoms. The predicted molar refractivity (Wildman–Crippen MR) is 60.2 cm³/mol. The van der Waals surface area contributed by atoms with Crippen LogP contribution in [-0.4, -0.2) is 47.9 Å². The number of rotatable bonds is 10. The molecule has 0 nitrogen and oxygen atoms in total. The van der Waals surface area contributed by atoms with Crippen molar-refractivity contribution in [3.63, 3.8) is 0 Å². The van der Waals surface area contributed by atoms with Gasteiger partial charge >= 0.3 is 47.9 Å². The Morgan fingerprint density at radius 1 is 0.536 bits per heavy atom. The molecular formula is C12H10F16. The normalized spacial score (nSPS) is 16.1. The summed E-state index contributed by atoms with van der Waals surface area (Å²) in [7, 11) is 0. The second kappa shape index (κ2) is 7.29. The van der Waals surface area contributed by atoms with Crippen molar-refractivity contribution in [1.82, 2.24) is 0 Å². The summed E-state index contributed by atoms with van der Waals surface area (Å²) in [6, 6.07) is 0. The van der Waals surface area contributed by atoms with Crippen LogP contribution < -0.4 is 0 Å². The van der Waals surface area contributed by atoms with E-state index in [0.717, 1.165) is 6.92 Å². The highest BCUT2D eigenvalue weighted by Gasteiger charge is 2.93. The maximum atomic E-state index is 13.3. The van der Waals surface area contributed by atoms with Crippen LogP contribution >= 0.6 is 0 Å². The molecule has 0 aliphatic heterocycles. The molecule has 0 aromatic rings. The molecule has 0 aromatic carbocycles. The van der Waals surface area contributed by atoms with Crippen LogP contribution in [0.5, 0.6) is 0 Å². The van der Waals surface area contributed by atoms with Crippen molar-refractivity contribution in [2.75, 3.05) is 0 Å². The van der Waals surface area contributed by atoms with Crippen molar-refractivity contribution >= 4 is 0 Å². The number of hydrogen-bond acceptors (Lipinski definition) is 0. The fourth-order valence-electron chi connectivity index (χ4n) is 1.72. The van der Waals surface area contributed by atoms with Gasteiger partial charge in [0.05, 0.1) is 0 Å². The minimum atomic E-state index is -8.30.